The highest BCUT2D eigenvalue weighted by Gasteiger charge is 2.18. The minimum Gasteiger partial charge on any atom is -0.469 e. The maximum absolute atomic E-state index is 13.9. The molecule has 0 aromatic heterocycles. The van der Waals surface area contributed by atoms with Gasteiger partial charge in [-0.15, -0.1) is 0 Å². The zero-order chi connectivity index (χ0) is 52.5. The number of hydrogen-bond donors (Lipinski definition) is 1. The number of carbonyl (C=O) groups is 3. The first-order valence-corrected chi connectivity index (χ1v) is 27.7. The summed E-state index contributed by atoms with van der Waals surface area (Å²) in [5.41, 5.74) is 10.9. The minimum atomic E-state index is -0.238. The zero-order valence-electron chi connectivity index (χ0n) is 45.9. The van der Waals surface area contributed by atoms with Gasteiger partial charge in [-0.1, -0.05) is 182 Å². The molecule has 0 aliphatic rings. The molecule has 0 heterocycles. The lowest BCUT2D eigenvalue weighted by atomic mass is 10.0. The Balaban J connectivity index is 0.000000338. The third-order valence-corrected chi connectivity index (χ3v) is 13.5. The number of aryl methyl sites for hydroxylation is 1. The smallest absolute Gasteiger partial charge is 0.309 e. The van der Waals surface area contributed by atoms with Gasteiger partial charge in [-0.05, 0) is 127 Å². The molecule has 0 radical (unpaired) electrons. The topological polar surface area (TPSA) is 91.4 Å². The van der Waals surface area contributed by atoms with Crippen LogP contribution >= 0.6 is 0 Å². The molecule has 5 aromatic carbocycles. The van der Waals surface area contributed by atoms with E-state index in [9.17, 15) is 14.4 Å². The molecule has 5 aromatic rings. The van der Waals surface area contributed by atoms with Crippen LogP contribution in [0.15, 0.2) is 121 Å². The molecule has 0 saturated carbocycles. The van der Waals surface area contributed by atoms with Gasteiger partial charge in [-0.3, -0.25) is 14.4 Å². The predicted molar refractivity (Wildman–Crippen MR) is 304 cm³/mol. The summed E-state index contributed by atoms with van der Waals surface area (Å²) in [7, 11) is 2.83. The first-order chi connectivity index (χ1) is 35.6. The predicted octanol–water partition coefficient (Wildman–Crippen LogP) is 13.4. The number of amides is 1. The fourth-order valence-corrected chi connectivity index (χ4v) is 8.70. The number of nitrogens with one attached hydrogen (secondary N) is 1. The van der Waals surface area contributed by atoms with E-state index < -0.39 is 0 Å². The molecule has 0 atom stereocenters. The quantitative estimate of drug-likeness (QED) is 0.0328. The number of rotatable bonds is 33. The van der Waals surface area contributed by atoms with Crippen molar-refractivity contribution in [2.45, 2.75) is 138 Å². The third kappa shape index (κ3) is 23.0. The van der Waals surface area contributed by atoms with E-state index in [0.717, 1.165) is 84.6 Å². The number of benzene rings is 5. The van der Waals surface area contributed by atoms with E-state index in [2.05, 4.69) is 123 Å². The molecule has 9 heteroatoms. The maximum Gasteiger partial charge on any atom is 0.309 e. The second-order valence-electron chi connectivity index (χ2n) is 19.4. The summed E-state index contributed by atoms with van der Waals surface area (Å²) in [6.07, 6.45) is 15.1. The van der Waals surface area contributed by atoms with Crippen LogP contribution in [0, 0.1) is 0 Å². The largest absolute Gasteiger partial charge is 0.469 e. The van der Waals surface area contributed by atoms with E-state index in [4.69, 9.17) is 9.47 Å². The van der Waals surface area contributed by atoms with E-state index >= 15 is 0 Å². The van der Waals surface area contributed by atoms with Gasteiger partial charge in [0.05, 0.1) is 27.1 Å². The van der Waals surface area contributed by atoms with Crippen LogP contribution in [0.1, 0.15) is 143 Å². The Labute approximate surface area is 441 Å². The van der Waals surface area contributed by atoms with Crippen LogP contribution in [0.5, 0.6) is 0 Å². The monoisotopic (exact) mass is 995 g/mol. The molecule has 0 aliphatic heterocycles. The second-order valence-corrected chi connectivity index (χ2v) is 19.4. The van der Waals surface area contributed by atoms with Crippen molar-refractivity contribution in [2.24, 2.45) is 0 Å². The maximum atomic E-state index is 13.9. The Morgan fingerprint density at radius 2 is 0.795 bits per heavy atom. The average molecular weight is 995 g/mol. The first-order valence-electron chi connectivity index (χ1n) is 27.7. The molecule has 0 aliphatic carbocycles. The molecule has 0 fully saturated rings. The van der Waals surface area contributed by atoms with Crippen molar-refractivity contribution in [3.63, 3.8) is 0 Å². The Morgan fingerprint density at radius 1 is 0.411 bits per heavy atom. The molecular weight excluding hydrogens is 905 g/mol. The molecule has 9 nitrogen and oxygen atoms in total. The molecule has 396 valence electrons. The number of unbranched alkanes of at least 4 members (excludes halogenated alkanes) is 6. The van der Waals surface area contributed by atoms with Gasteiger partial charge in [0, 0.05) is 44.8 Å². The summed E-state index contributed by atoms with van der Waals surface area (Å²) in [6.45, 7) is 21.0. The number of esters is 2. The van der Waals surface area contributed by atoms with E-state index in [-0.39, 0.29) is 24.3 Å². The molecule has 0 saturated heterocycles. The molecular formula is C64H90N4O5. The number of methoxy groups -OCH3 is 2. The van der Waals surface area contributed by atoms with Crippen LogP contribution in [-0.4, -0.2) is 99.1 Å². The summed E-state index contributed by atoms with van der Waals surface area (Å²) < 4.78 is 9.50. The first kappa shape index (κ1) is 59.9. The summed E-state index contributed by atoms with van der Waals surface area (Å²) in [5, 5.41) is 3.59. The average Bonchev–Trinajstić information content (AvgIpc) is 3.43. The lowest BCUT2D eigenvalue weighted by Gasteiger charge is -2.28. The highest BCUT2D eigenvalue weighted by molar-refractivity contribution is 5.94. The molecule has 73 heavy (non-hydrogen) atoms. The van der Waals surface area contributed by atoms with Crippen molar-refractivity contribution < 1.29 is 23.9 Å². The Kier molecular flexibility index (Phi) is 29.2. The molecule has 0 unspecified atom stereocenters. The van der Waals surface area contributed by atoms with Crippen LogP contribution in [-0.2, 0) is 51.4 Å². The van der Waals surface area contributed by atoms with Gasteiger partial charge < -0.3 is 29.5 Å². The third-order valence-electron chi connectivity index (χ3n) is 13.5. The Morgan fingerprint density at radius 3 is 1.21 bits per heavy atom. The summed E-state index contributed by atoms with van der Waals surface area (Å²) in [4.78, 5) is 44.0. The van der Waals surface area contributed by atoms with E-state index in [1.165, 1.54) is 115 Å². The fourth-order valence-electron chi connectivity index (χ4n) is 8.70. The number of ether oxygens (including phenoxy) is 2. The van der Waals surface area contributed by atoms with Crippen molar-refractivity contribution in [3.8, 4) is 22.3 Å². The van der Waals surface area contributed by atoms with Crippen molar-refractivity contribution in [1.82, 2.24) is 20.0 Å². The van der Waals surface area contributed by atoms with Crippen molar-refractivity contribution in [1.29, 1.82) is 0 Å². The highest BCUT2D eigenvalue weighted by atomic mass is 16.5. The normalized spacial score (nSPS) is 11.1. The summed E-state index contributed by atoms with van der Waals surface area (Å²) in [5.74, 6) is -0.354. The van der Waals surface area contributed by atoms with Crippen molar-refractivity contribution >= 4 is 17.8 Å². The number of hydrogen-bond acceptors (Lipinski definition) is 8. The second kappa shape index (κ2) is 35.5. The number of nitrogens with zero attached hydrogens (tertiary/aromatic N) is 3. The number of carbonyl (C=O) groups excluding carboxylic acids is 3. The van der Waals surface area contributed by atoms with Crippen molar-refractivity contribution in [3.05, 3.63) is 155 Å². The van der Waals surface area contributed by atoms with Gasteiger partial charge in [-0.25, -0.2) is 0 Å². The van der Waals surface area contributed by atoms with E-state index in [1.54, 1.807) is 0 Å². The lowest BCUT2D eigenvalue weighted by Crippen LogP contribution is -2.39. The lowest BCUT2D eigenvalue weighted by molar-refractivity contribution is -0.140. The van der Waals surface area contributed by atoms with Gasteiger partial charge in [-0.2, -0.15) is 0 Å². The van der Waals surface area contributed by atoms with Gasteiger partial charge in [0.1, 0.15) is 0 Å². The Hall–Kier alpha value is -5.61. The zero-order valence-corrected chi connectivity index (χ0v) is 45.9. The standard InChI is InChI=1S/C38H52N2O3.C26H38N2O2/c1-5-8-11-12-31-13-23-36(24-14-31)38(42)40(28-27-39(25-9-6-2)26-10-7-3)30-33-17-21-35(22-18-33)34-19-15-32(16-20-34)29-37(41)43-4;1-4-6-17-28(18-7-5-2)19-16-27-21-23-10-14-25(15-11-23)24-12-8-22(9-13-24)20-26(29)30-3/h13-24H,5-12,25-30H2,1-4H3;8-15,27H,4-7,16-21H2,1-3H3. The molecule has 0 spiro atoms. The SMILES string of the molecule is CCCCCc1ccc(C(=O)N(CCN(CCCC)CCCC)Cc2ccc(-c3ccc(CC(=O)OC)cc3)cc2)cc1.CCCCN(CCCC)CCNCc1ccc(-c2ccc(CC(=O)OC)cc2)cc1. The van der Waals surface area contributed by atoms with Crippen LogP contribution in [0.4, 0.5) is 0 Å². The van der Waals surface area contributed by atoms with E-state index in [1.807, 2.05) is 53.4 Å². The van der Waals surface area contributed by atoms with Gasteiger partial charge in [0.25, 0.3) is 5.91 Å². The van der Waals surface area contributed by atoms with E-state index in [0.29, 0.717) is 19.5 Å². The fraction of sp³-hybridized carbons (Fsp3) is 0.484. The molecule has 1 amide bonds. The van der Waals surface area contributed by atoms with Crippen LogP contribution in [0.3, 0.4) is 0 Å². The van der Waals surface area contributed by atoms with Crippen LogP contribution in [0.25, 0.3) is 22.3 Å². The van der Waals surface area contributed by atoms with Crippen LogP contribution in [0.2, 0.25) is 0 Å². The highest BCUT2D eigenvalue weighted by Crippen LogP contribution is 2.23. The summed E-state index contributed by atoms with van der Waals surface area (Å²) >= 11 is 0. The van der Waals surface area contributed by atoms with Gasteiger partial charge in [0.2, 0.25) is 0 Å². The minimum absolute atomic E-state index is 0.0938. The molecule has 0 bridgehead atoms. The van der Waals surface area contributed by atoms with Crippen LogP contribution < -0.4 is 5.32 Å². The summed E-state index contributed by atoms with van der Waals surface area (Å²) in [6, 6.07) is 41.6. The molecule has 5 rings (SSSR count). The van der Waals surface area contributed by atoms with Gasteiger partial charge in [0.15, 0.2) is 0 Å². The van der Waals surface area contributed by atoms with Gasteiger partial charge >= 0.3 is 11.9 Å². The molecule has 1 N–H and O–H groups in total. The van der Waals surface area contributed by atoms with Crippen molar-refractivity contribution in [2.75, 3.05) is 66.6 Å². The Bertz CT molecular complexity index is 2240.